The lowest BCUT2D eigenvalue weighted by molar-refractivity contribution is 0.0406. The maximum atomic E-state index is 6.22. The Morgan fingerprint density at radius 2 is 2.19 bits per heavy atom. The van der Waals surface area contributed by atoms with Crippen molar-refractivity contribution in [3.05, 3.63) is 18.2 Å². The van der Waals surface area contributed by atoms with Gasteiger partial charge in [0.05, 0.1) is 12.1 Å². The lowest BCUT2D eigenvalue weighted by atomic mass is 9.99. The Bertz CT molecular complexity index is 309. The highest BCUT2D eigenvalue weighted by Gasteiger charge is 2.25. The zero-order chi connectivity index (χ0) is 12.1. The van der Waals surface area contributed by atoms with E-state index in [1.165, 1.54) is 0 Å². The van der Waals surface area contributed by atoms with Crippen LogP contribution in [0.5, 0.6) is 0 Å². The Morgan fingerprint density at radius 1 is 1.50 bits per heavy atom. The summed E-state index contributed by atoms with van der Waals surface area (Å²) >= 11 is 0. The first kappa shape index (κ1) is 13.2. The van der Waals surface area contributed by atoms with Crippen LogP contribution in [-0.4, -0.2) is 22.8 Å². The van der Waals surface area contributed by atoms with E-state index in [1.807, 2.05) is 6.20 Å². The topological polar surface area (TPSA) is 53.1 Å². The minimum absolute atomic E-state index is 0.0120. The highest BCUT2D eigenvalue weighted by Crippen LogP contribution is 2.21. The molecule has 0 aliphatic rings. The van der Waals surface area contributed by atoms with Gasteiger partial charge in [0, 0.05) is 26.0 Å². The van der Waals surface area contributed by atoms with E-state index >= 15 is 0 Å². The average molecular weight is 225 g/mol. The van der Waals surface area contributed by atoms with E-state index in [2.05, 4.69) is 30.3 Å². The molecule has 0 amide bonds. The Balaban J connectivity index is 2.85. The standard InChI is InChI=1S/C12H23N3O/c1-5-7-15-8-6-14-12(15)10(13)11(16-4)9(2)3/h6,8-11H,5,7,13H2,1-4H3. The molecule has 0 saturated carbocycles. The van der Waals surface area contributed by atoms with Crippen LogP contribution in [0.4, 0.5) is 0 Å². The first-order valence-corrected chi connectivity index (χ1v) is 5.91. The normalized spacial score (nSPS) is 15.4. The van der Waals surface area contributed by atoms with E-state index in [4.69, 9.17) is 10.5 Å². The minimum Gasteiger partial charge on any atom is -0.379 e. The van der Waals surface area contributed by atoms with Crippen LogP contribution in [0.3, 0.4) is 0 Å². The molecule has 0 fully saturated rings. The number of rotatable bonds is 6. The smallest absolute Gasteiger partial charge is 0.128 e. The number of imidazole rings is 1. The van der Waals surface area contributed by atoms with Crippen molar-refractivity contribution in [1.82, 2.24) is 9.55 Å². The Hall–Kier alpha value is -0.870. The molecule has 16 heavy (non-hydrogen) atoms. The predicted molar refractivity (Wildman–Crippen MR) is 65.1 cm³/mol. The fourth-order valence-electron chi connectivity index (χ4n) is 2.03. The fraction of sp³-hybridized carbons (Fsp3) is 0.750. The van der Waals surface area contributed by atoms with Gasteiger partial charge in [0.15, 0.2) is 0 Å². The molecule has 1 aromatic heterocycles. The molecule has 92 valence electrons. The number of nitrogens with zero attached hydrogens (tertiary/aromatic N) is 2. The molecule has 0 bridgehead atoms. The van der Waals surface area contributed by atoms with Crippen molar-refractivity contribution in [2.45, 2.75) is 45.9 Å². The zero-order valence-corrected chi connectivity index (χ0v) is 10.7. The average Bonchev–Trinajstić information content (AvgIpc) is 2.66. The lowest BCUT2D eigenvalue weighted by Crippen LogP contribution is -2.34. The zero-order valence-electron chi connectivity index (χ0n) is 10.7. The summed E-state index contributed by atoms with van der Waals surface area (Å²) in [5, 5.41) is 0. The molecule has 0 aliphatic heterocycles. The molecule has 1 heterocycles. The third kappa shape index (κ3) is 2.83. The quantitative estimate of drug-likeness (QED) is 0.805. The summed E-state index contributed by atoms with van der Waals surface area (Å²) < 4.78 is 7.56. The second-order valence-corrected chi connectivity index (χ2v) is 4.45. The molecule has 4 heteroatoms. The number of nitrogens with two attached hydrogens (primary N) is 1. The summed E-state index contributed by atoms with van der Waals surface area (Å²) in [5.41, 5.74) is 6.22. The van der Waals surface area contributed by atoms with Crippen LogP contribution in [0.2, 0.25) is 0 Å². The number of hydrogen-bond donors (Lipinski definition) is 1. The van der Waals surface area contributed by atoms with Gasteiger partial charge in [-0.3, -0.25) is 0 Å². The summed E-state index contributed by atoms with van der Waals surface area (Å²) in [7, 11) is 1.71. The van der Waals surface area contributed by atoms with Crippen molar-refractivity contribution in [3.63, 3.8) is 0 Å². The van der Waals surface area contributed by atoms with E-state index in [0.717, 1.165) is 18.8 Å². The molecule has 2 N–H and O–H groups in total. The molecular weight excluding hydrogens is 202 g/mol. The third-order valence-corrected chi connectivity index (χ3v) is 2.79. The monoisotopic (exact) mass is 225 g/mol. The molecule has 1 rings (SSSR count). The number of aryl methyl sites for hydroxylation is 1. The maximum absolute atomic E-state index is 6.22. The molecule has 0 aliphatic carbocycles. The summed E-state index contributed by atoms with van der Waals surface area (Å²) in [4.78, 5) is 4.34. The van der Waals surface area contributed by atoms with Gasteiger partial charge in [-0.1, -0.05) is 20.8 Å². The first-order valence-electron chi connectivity index (χ1n) is 5.91. The van der Waals surface area contributed by atoms with Crippen LogP contribution >= 0.6 is 0 Å². The van der Waals surface area contributed by atoms with Crippen molar-refractivity contribution in [2.24, 2.45) is 11.7 Å². The summed E-state index contributed by atoms with van der Waals surface area (Å²) in [6, 6.07) is -0.161. The Kier molecular flexibility index (Phi) is 4.96. The second-order valence-electron chi connectivity index (χ2n) is 4.45. The minimum atomic E-state index is -0.161. The Morgan fingerprint density at radius 3 is 2.69 bits per heavy atom. The van der Waals surface area contributed by atoms with E-state index < -0.39 is 0 Å². The van der Waals surface area contributed by atoms with Gasteiger partial charge in [-0.2, -0.15) is 0 Å². The largest absolute Gasteiger partial charge is 0.379 e. The number of hydrogen-bond acceptors (Lipinski definition) is 3. The van der Waals surface area contributed by atoms with Gasteiger partial charge in [-0.25, -0.2) is 4.98 Å². The lowest BCUT2D eigenvalue weighted by Gasteiger charge is -2.26. The fourth-order valence-corrected chi connectivity index (χ4v) is 2.03. The van der Waals surface area contributed by atoms with Gasteiger partial charge in [-0.15, -0.1) is 0 Å². The van der Waals surface area contributed by atoms with Crippen LogP contribution in [0.1, 0.15) is 39.1 Å². The predicted octanol–water partition coefficient (Wildman–Crippen LogP) is 1.96. The molecule has 4 nitrogen and oxygen atoms in total. The van der Waals surface area contributed by atoms with E-state index in [-0.39, 0.29) is 12.1 Å². The van der Waals surface area contributed by atoms with Gasteiger partial charge >= 0.3 is 0 Å². The van der Waals surface area contributed by atoms with E-state index in [0.29, 0.717) is 5.92 Å². The number of aromatic nitrogens is 2. The summed E-state index contributed by atoms with van der Waals surface area (Å²) in [6.45, 7) is 7.32. The SMILES string of the molecule is CCCn1ccnc1C(N)C(OC)C(C)C. The molecule has 0 aromatic carbocycles. The van der Waals surface area contributed by atoms with Gasteiger partial charge in [0.1, 0.15) is 5.82 Å². The molecule has 2 unspecified atom stereocenters. The Labute approximate surface area is 97.8 Å². The molecule has 0 radical (unpaired) electrons. The number of methoxy groups -OCH3 is 1. The van der Waals surface area contributed by atoms with E-state index in [9.17, 15) is 0 Å². The third-order valence-electron chi connectivity index (χ3n) is 2.79. The maximum Gasteiger partial charge on any atom is 0.128 e. The van der Waals surface area contributed by atoms with Crippen LogP contribution < -0.4 is 5.73 Å². The number of ether oxygens (including phenoxy) is 1. The van der Waals surface area contributed by atoms with Gasteiger partial charge < -0.3 is 15.0 Å². The van der Waals surface area contributed by atoms with Crippen molar-refractivity contribution in [1.29, 1.82) is 0 Å². The van der Waals surface area contributed by atoms with Crippen LogP contribution in [0, 0.1) is 5.92 Å². The highest BCUT2D eigenvalue weighted by atomic mass is 16.5. The first-order chi connectivity index (χ1) is 7.61. The van der Waals surface area contributed by atoms with Crippen molar-refractivity contribution in [3.8, 4) is 0 Å². The van der Waals surface area contributed by atoms with Crippen molar-refractivity contribution in [2.75, 3.05) is 7.11 Å². The van der Waals surface area contributed by atoms with E-state index in [1.54, 1.807) is 13.3 Å². The summed E-state index contributed by atoms with van der Waals surface area (Å²) in [6.07, 6.45) is 4.87. The molecule has 0 saturated heterocycles. The molecule has 0 spiro atoms. The van der Waals surface area contributed by atoms with Crippen LogP contribution in [-0.2, 0) is 11.3 Å². The second kappa shape index (κ2) is 6.01. The van der Waals surface area contributed by atoms with Gasteiger partial charge in [0.25, 0.3) is 0 Å². The van der Waals surface area contributed by atoms with Gasteiger partial charge in [-0.05, 0) is 12.3 Å². The highest BCUT2D eigenvalue weighted by molar-refractivity contribution is 5.02. The van der Waals surface area contributed by atoms with Crippen molar-refractivity contribution < 1.29 is 4.74 Å². The summed E-state index contributed by atoms with van der Waals surface area (Å²) in [5.74, 6) is 1.30. The molecular formula is C12H23N3O. The molecule has 1 aromatic rings. The van der Waals surface area contributed by atoms with Crippen molar-refractivity contribution >= 4 is 0 Å². The molecule has 2 atom stereocenters. The van der Waals surface area contributed by atoms with Crippen LogP contribution in [0.25, 0.3) is 0 Å². The van der Waals surface area contributed by atoms with Gasteiger partial charge in [0.2, 0.25) is 0 Å². The van der Waals surface area contributed by atoms with Crippen LogP contribution in [0.15, 0.2) is 12.4 Å².